The van der Waals surface area contributed by atoms with E-state index in [0.29, 0.717) is 23.4 Å². The second-order valence-electron chi connectivity index (χ2n) is 4.58. The van der Waals surface area contributed by atoms with Gasteiger partial charge in [-0.15, -0.1) is 0 Å². The third-order valence-electron chi connectivity index (χ3n) is 3.49. The van der Waals surface area contributed by atoms with Crippen molar-refractivity contribution in [2.24, 2.45) is 5.92 Å². The molecule has 98 valence electrons. The maximum atomic E-state index is 12.3. The maximum absolute atomic E-state index is 12.3. The van der Waals surface area contributed by atoms with Gasteiger partial charge in [-0.05, 0) is 18.6 Å². The molecule has 5 nitrogen and oxygen atoms in total. The Bertz CT molecular complexity index is 580. The second-order valence-corrected chi connectivity index (χ2v) is 4.58. The fourth-order valence-electron chi connectivity index (χ4n) is 2.51. The van der Waals surface area contributed by atoms with Gasteiger partial charge in [0, 0.05) is 24.4 Å². The minimum atomic E-state index is -0.306. The quantitative estimate of drug-likeness (QED) is 0.806. The molecule has 2 amide bonds. The van der Waals surface area contributed by atoms with Crippen LogP contribution in [0.1, 0.15) is 6.42 Å². The van der Waals surface area contributed by atoms with Gasteiger partial charge >= 0.3 is 0 Å². The lowest BCUT2D eigenvalue weighted by molar-refractivity contribution is -0.122. The Morgan fingerprint density at radius 2 is 2.21 bits per heavy atom. The molecule has 1 saturated heterocycles. The van der Waals surface area contributed by atoms with Crippen molar-refractivity contribution in [1.82, 2.24) is 5.32 Å². The van der Waals surface area contributed by atoms with Crippen LogP contribution in [0.4, 0.5) is 5.69 Å². The van der Waals surface area contributed by atoms with E-state index >= 15 is 0 Å². The Hall–Kier alpha value is -2.30. The van der Waals surface area contributed by atoms with Crippen LogP contribution in [0.2, 0.25) is 0 Å². The number of imide groups is 1. The number of nitrogens with zero attached hydrogens (tertiary/aromatic N) is 1. The summed E-state index contributed by atoms with van der Waals surface area (Å²) in [5, 5.41) is 3.02. The van der Waals surface area contributed by atoms with E-state index in [1.807, 2.05) is 0 Å². The molecule has 0 saturated carbocycles. The molecule has 1 atom stereocenters. The molecule has 5 heteroatoms. The summed E-state index contributed by atoms with van der Waals surface area (Å²) in [6.45, 7) is 0.721. The molecule has 2 aliphatic heterocycles. The van der Waals surface area contributed by atoms with Crippen LogP contribution in [-0.2, 0) is 9.59 Å². The molecule has 3 rings (SSSR count). The van der Waals surface area contributed by atoms with Crippen molar-refractivity contribution in [1.29, 1.82) is 0 Å². The van der Waals surface area contributed by atoms with E-state index in [-0.39, 0.29) is 17.7 Å². The van der Waals surface area contributed by atoms with E-state index in [1.54, 1.807) is 37.6 Å². The highest BCUT2D eigenvalue weighted by Crippen LogP contribution is 2.34. The molecule has 2 heterocycles. The van der Waals surface area contributed by atoms with E-state index < -0.39 is 0 Å². The fraction of sp³-hybridized carbons (Fsp3) is 0.286. The highest BCUT2D eigenvalue weighted by atomic mass is 16.5. The largest absolute Gasteiger partial charge is 0.497 e. The second kappa shape index (κ2) is 4.42. The number of hydrogen-bond donors (Lipinski definition) is 1. The molecule has 0 bridgehead atoms. The summed E-state index contributed by atoms with van der Waals surface area (Å²) in [4.78, 5) is 25.9. The van der Waals surface area contributed by atoms with E-state index in [2.05, 4.69) is 5.32 Å². The summed E-state index contributed by atoms with van der Waals surface area (Å²) in [5.41, 5.74) is 1.11. The van der Waals surface area contributed by atoms with Gasteiger partial charge < -0.3 is 10.1 Å². The minimum absolute atomic E-state index is 0.147. The number of methoxy groups -OCH3 is 1. The normalized spacial score (nSPS) is 21.8. The first-order chi connectivity index (χ1) is 9.22. The average Bonchev–Trinajstić information content (AvgIpc) is 2.72. The van der Waals surface area contributed by atoms with Gasteiger partial charge in [-0.2, -0.15) is 0 Å². The van der Waals surface area contributed by atoms with E-state index in [1.165, 1.54) is 4.90 Å². The standard InChI is InChI=1S/C14H14N2O3/c1-19-10-4-2-3-9(7-10)16-13(17)11-5-6-15-8-12(11)14(16)18/h2-4,7-8,11,15H,5-6H2,1H3. The number of nitrogens with one attached hydrogen (secondary N) is 1. The van der Waals surface area contributed by atoms with Crippen LogP contribution >= 0.6 is 0 Å². The molecule has 1 unspecified atom stereocenters. The summed E-state index contributed by atoms with van der Waals surface area (Å²) >= 11 is 0. The third-order valence-corrected chi connectivity index (χ3v) is 3.49. The topological polar surface area (TPSA) is 58.6 Å². The Labute approximate surface area is 110 Å². The number of carbonyl (C=O) groups excluding carboxylic acids is 2. The van der Waals surface area contributed by atoms with Crippen molar-refractivity contribution in [2.45, 2.75) is 6.42 Å². The zero-order valence-electron chi connectivity index (χ0n) is 10.6. The van der Waals surface area contributed by atoms with Crippen LogP contribution in [0, 0.1) is 5.92 Å². The van der Waals surface area contributed by atoms with Gasteiger partial charge in [0.15, 0.2) is 0 Å². The number of fused-ring (bicyclic) bond motifs is 1. The molecule has 0 radical (unpaired) electrons. The molecule has 0 aromatic heterocycles. The summed E-state index contributed by atoms with van der Waals surface area (Å²) < 4.78 is 5.13. The van der Waals surface area contributed by atoms with Gasteiger partial charge in [-0.3, -0.25) is 9.59 Å². The Kier molecular flexibility index (Phi) is 2.74. The number of rotatable bonds is 2. The first-order valence-electron chi connectivity index (χ1n) is 6.18. The highest BCUT2D eigenvalue weighted by molar-refractivity contribution is 6.29. The van der Waals surface area contributed by atoms with Crippen LogP contribution in [-0.4, -0.2) is 25.5 Å². The molecule has 0 aliphatic carbocycles. The molecule has 1 aromatic carbocycles. The molecule has 19 heavy (non-hydrogen) atoms. The number of amides is 2. The SMILES string of the molecule is COc1cccc(N2C(=O)C3=CNCCC3C2=O)c1. The summed E-state index contributed by atoms with van der Waals surface area (Å²) in [6.07, 6.45) is 2.32. The summed E-state index contributed by atoms with van der Waals surface area (Å²) in [7, 11) is 1.55. The van der Waals surface area contributed by atoms with Gasteiger partial charge in [0.1, 0.15) is 5.75 Å². The molecule has 1 fully saturated rings. The molecular formula is C14H14N2O3. The number of ether oxygens (including phenoxy) is 1. The molecule has 2 aliphatic rings. The lowest BCUT2D eigenvalue weighted by Crippen LogP contribution is -2.30. The smallest absolute Gasteiger partial charge is 0.263 e. The van der Waals surface area contributed by atoms with Crippen LogP contribution in [0.15, 0.2) is 36.0 Å². The Morgan fingerprint density at radius 1 is 1.37 bits per heavy atom. The van der Waals surface area contributed by atoms with Crippen LogP contribution < -0.4 is 15.0 Å². The highest BCUT2D eigenvalue weighted by Gasteiger charge is 2.44. The van der Waals surface area contributed by atoms with Gasteiger partial charge in [0.2, 0.25) is 5.91 Å². The van der Waals surface area contributed by atoms with E-state index in [4.69, 9.17) is 4.74 Å². The number of benzene rings is 1. The van der Waals surface area contributed by atoms with Crippen molar-refractivity contribution in [3.8, 4) is 5.75 Å². The van der Waals surface area contributed by atoms with Gasteiger partial charge in [0.25, 0.3) is 5.91 Å². The number of anilines is 1. The average molecular weight is 258 g/mol. The van der Waals surface area contributed by atoms with Crippen LogP contribution in [0.3, 0.4) is 0 Å². The Morgan fingerprint density at radius 3 is 2.95 bits per heavy atom. The monoisotopic (exact) mass is 258 g/mol. The maximum Gasteiger partial charge on any atom is 0.263 e. The summed E-state index contributed by atoms with van der Waals surface area (Å²) in [6, 6.07) is 6.98. The van der Waals surface area contributed by atoms with Crippen molar-refractivity contribution in [3.05, 3.63) is 36.0 Å². The van der Waals surface area contributed by atoms with Crippen molar-refractivity contribution < 1.29 is 14.3 Å². The molecule has 0 spiro atoms. The lowest BCUT2D eigenvalue weighted by atomic mass is 9.97. The summed E-state index contributed by atoms with van der Waals surface area (Å²) in [5.74, 6) is -0.0681. The van der Waals surface area contributed by atoms with Crippen molar-refractivity contribution in [2.75, 3.05) is 18.6 Å². The minimum Gasteiger partial charge on any atom is -0.497 e. The first-order valence-corrected chi connectivity index (χ1v) is 6.18. The van der Waals surface area contributed by atoms with Gasteiger partial charge in [0.05, 0.1) is 18.7 Å². The predicted octanol–water partition coefficient (Wildman–Crippen LogP) is 1.06. The van der Waals surface area contributed by atoms with Gasteiger partial charge in [-0.25, -0.2) is 4.90 Å². The first kappa shape index (κ1) is 11.8. The third kappa shape index (κ3) is 1.78. The van der Waals surface area contributed by atoms with Gasteiger partial charge in [-0.1, -0.05) is 6.07 Å². The number of hydrogen-bond acceptors (Lipinski definition) is 4. The lowest BCUT2D eigenvalue weighted by Gasteiger charge is -2.15. The molecular weight excluding hydrogens is 244 g/mol. The van der Waals surface area contributed by atoms with E-state index in [9.17, 15) is 9.59 Å². The van der Waals surface area contributed by atoms with E-state index in [0.717, 1.165) is 6.54 Å². The van der Waals surface area contributed by atoms with Crippen LogP contribution in [0.5, 0.6) is 5.75 Å². The van der Waals surface area contributed by atoms with Crippen LogP contribution in [0.25, 0.3) is 0 Å². The van der Waals surface area contributed by atoms with Crippen molar-refractivity contribution >= 4 is 17.5 Å². The molecule has 1 aromatic rings. The fourth-order valence-corrected chi connectivity index (χ4v) is 2.51. The molecule has 1 N–H and O–H groups in total. The predicted molar refractivity (Wildman–Crippen MR) is 69.7 cm³/mol. The zero-order chi connectivity index (χ0) is 13.4. The Balaban J connectivity index is 2.01. The van der Waals surface area contributed by atoms with Crippen molar-refractivity contribution in [3.63, 3.8) is 0 Å². The number of carbonyl (C=O) groups is 2. The zero-order valence-corrected chi connectivity index (χ0v) is 10.6.